The average Bonchev–Trinajstić information content (AvgIpc) is 3.16. The van der Waals surface area contributed by atoms with Crippen LogP contribution in [0.25, 0.3) is 16.9 Å². The Labute approximate surface area is 171 Å². The van der Waals surface area contributed by atoms with Gasteiger partial charge in [-0.1, -0.05) is 12.1 Å². The van der Waals surface area contributed by atoms with E-state index in [4.69, 9.17) is 0 Å². The minimum Gasteiger partial charge on any atom is -0.326 e. The van der Waals surface area contributed by atoms with Crippen LogP contribution >= 0.6 is 0 Å². The Bertz CT molecular complexity index is 1230. The van der Waals surface area contributed by atoms with E-state index in [-0.39, 0.29) is 23.3 Å². The molecule has 7 nitrogen and oxygen atoms in total. The SMILES string of the molecule is CC(=O)Nc1ccc(-c2cnc3cnc(C(=O)N(C)c4ccc(F)cc4)cn23)cc1. The number of hydrogen-bond acceptors (Lipinski definition) is 4. The molecule has 150 valence electrons. The zero-order valence-corrected chi connectivity index (χ0v) is 16.3. The van der Waals surface area contributed by atoms with Crippen molar-refractivity contribution in [2.75, 3.05) is 17.3 Å². The normalized spacial score (nSPS) is 10.8. The Kier molecular flexibility index (Phi) is 4.97. The Morgan fingerprint density at radius 2 is 1.70 bits per heavy atom. The summed E-state index contributed by atoms with van der Waals surface area (Å²) in [6.07, 6.45) is 4.85. The first kappa shape index (κ1) is 19.3. The summed E-state index contributed by atoms with van der Waals surface area (Å²) in [6.45, 7) is 1.45. The number of aromatic nitrogens is 3. The molecule has 2 aromatic carbocycles. The van der Waals surface area contributed by atoms with Crippen molar-refractivity contribution in [3.8, 4) is 11.3 Å². The van der Waals surface area contributed by atoms with Crippen molar-refractivity contribution in [1.29, 1.82) is 0 Å². The van der Waals surface area contributed by atoms with Crippen molar-refractivity contribution in [1.82, 2.24) is 14.4 Å². The van der Waals surface area contributed by atoms with Crippen LogP contribution in [0.2, 0.25) is 0 Å². The molecule has 0 fully saturated rings. The third kappa shape index (κ3) is 3.75. The van der Waals surface area contributed by atoms with Crippen molar-refractivity contribution in [2.45, 2.75) is 6.92 Å². The molecule has 0 spiro atoms. The number of amides is 2. The molecular weight excluding hydrogens is 385 g/mol. The zero-order chi connectivity index (χ0) is 21.3. The van der Waals surface area contributed by atoms with Gasteiger partial charge in [0.2, 0.25) is 5.91 Å². The Morgan fingerprint density at radius 3 is 2.37 bits per heavy atom. The summed E-state index contributed by atoms with van der Waals surface area (Å²) in [5.74, 6) is -0.840. The number of rotatable bonds is 4. The molecule has 0 saturated carbocycles. The number of nitrogens with one attached hydrogen (secondary N) is 1. The quantitative estimate of drug-likeness (QED) is 0.563. The van der Waals surface area contributed by atoms with Crippen LogP contribution in [0, 0.1) is 5.82 Å². The van der Waals surface area contributed by atoms with Gasteiger partial charge in [-0.25, -0.2) is 14.4 Å². The van der Waals surface area contributed by atoms with Crippen LogP contribution in [0.15, 0.2) is 67.1 Å². The number of nitrogens with zero attached hydrogens (tertiary/aromatic N) is 4. The lowest BCUT2D eigenvalue weighted by Gasteiger charge is -2.17. The van der Waals surface area contributed by atoms with Crippen LogP contribution in [0.1, 0.15) is 17.4 Å². The van der Waals surface area contributed by atoms with Gasteiger partial charge in [-0.2, -0.15) is 0 Å². The lowest BCUT2D eigenvalue weighted by atomic mass is 10.1. The first-order chi connectivity index (χ1) is 14.4. The van der Waals surface area contributed by atoms with Crippen molar-refractivity contribution >= 4 is 28.8 Å². The van der Waals surface area contributed by atoms with E-state index in [1.54, 1.807) is 36.0 Å². The molecule has 4 rings (SSSR count). The molecular formula is C22H18FN5O2. The highest BCUT2D eigenvalue weighted by molar-refractivity contribution is 6.04. The number of imidazole rings is 1. The van der Waals surface area contributed by atoms with Crippen LogP contribution in [0.4, 0.5) is 15.8 Å². The average molecular weight is 403 g/mol. The molecule has 0 aliphatic heterocycles. The molecule has 0 aliphatic carbocycles. The van der Waals surface area contributed by atoms with E-state index in [2.05, 4.69) is 15.3 Å². The second-order valence-electron chi connectivity index (χ2n) is 6.74. The molecule has 2 aromatic heterocycles. The molecule has 0 unspecified atom stereocenters. The summed E-state index contributed by atoms with van der Waals surface area (Å²) in [5, 5.41) is 2.72. The van der Waals surface area contributed by atoms with Gasteiger partial charge in [0.05, 0.1) is 18.1 Å². The number of hydrogen-bond donors (Lipinski definition) is 1. The van der Waals surface area contributed by atoms with Crippen LogP contribution in [-0.2, 0) is 4.79 Å². The highest BCUT2D eigenvalue weighted by atomic mass is 19.1. The molecule has 0 saturated heterocycles. The molecule has 4 aromatic rings. The largest absolute Gasteiger partial charge is 0.326 e. The van der Waals surface area contributed by atoms with Gasteiger partial charge in [0.1, 0.15) is 11.5 Å². The molecule has 0 aliphatic rings. The molecule has 30 heavy (non-hydrogen) atoms. The van der Waals surface area contributed by atoms with E-state index >= 15 is 0 Å². The van der Waals surface area contributed by atoms with Gasteiger partial charge in [0.25, 0.3) is 5.91 Å². The van der Waals surface area contributed by atoms with Gasteiger partial charge in [-0.3, -0.25) is 14.0 Å². The summed E-state index contributed by atoms with van der Waals surface area (Å²) >= 11 is 0. The Morgan fingerprint density at radius 1 is 1.00 bits per heavy atom. The molecule has 1 N–H and O–H groups in total. The predicted octanol–water partition coefficient (Wildman–Crippen LogP) is 3.77. The molecule has 0 bridgehead atoms. The first-order valence-corrected chi connectivity index (χ1v) is 9.17. The molecule has 8 heteroatoms. The molecule has 0 atom stereocenters. The number of benzene rings is 2. The van der Waals surface area contributed by atoms with Gasteiger partial charge in [0, 0.05) is 37.1 Å². The fourth-order valence-electron chi connectivity index (χ4n) is 3.09. The standard InChI is InChI=1S/C22H18FN5O2/c1-14(29)26-17-7-3-15(4-8-17)20-11-25-21-12-24-19(13-28(20)21)22(30)27(2)18-9-5-16(23)6-10-18/h3-13H,1-2H3,(H,26,29). The van der Waals surface area contributed by atoms with Gasteiger partial charge in [0.15, 0.2) is 5.65 Å². The van der Waals surface area contributed by atoms with Gasteiger partial charge < -0.3 is 10.2 Å². The van der Waals surface area contributed by atoms with Crippen LogP contribution in [0.3, 0.4) is 0 Å². The summed E-state index contributed by atoms with van der Waals surface area (Å²) in [7, 11) is 1.61. The number of fused-ring (bicyclic) bond motifs is 1. The number of anilines is 2. The minimum atomic E-state index is -0.369. The topological polar surface area (TPSA) is 79.6 Å². The van der Waals surface area contributed by atoms with Crippen molar-refractivity contribution in [3.05, 3.63) is 78.6 Å². The van der Waals surface area contributed by atoms with E-state index in [1.807, 2.05) is 12.1 Å². The first-order valence-electron chi connectivity index (χ1n) is 9.17. The van der Waals surface area contributed by atoms with Crippen molar-refractivity contribution in [2.24, 2.45) is 0 Å². The predicted molar refractivity (Wildman–Crippen MR) is 112 cm³/mol. The molecule has 2 amide bonds. The minimum absolute atomic E-state index is 0.142. The maximum atomic E-state index is 13.2. The summed E-state index contributed by atoms with van der Waals surface area (Å²) < 4.78 is 14.9. The zero-order valence-electron chi connectivity index (χ0n) is 16.3. The summed E-state index contributed by atoms with van der Waals surface area (Å²) in [5.41, 5.74) is 3.72. The Balaban J connectivity index is 1.66. The third-order valence-electron chi connectivity index (χ3n) is 4.63. The molecule has 2 heterocycles. The highest BCUT2D eigenvalue weighted by Crippen LogP contribution is 2.23. The maximum Gasteiger partial charge on any atom is 0.278 e. The third-order valence-corrected chi connectivity index (χ3v) is 4.63. The molecule has 0 radical (unpaired) electrons. The number of carbonyl (C=O) groups is 2. The van der Waals surface area contributed by atoms with Crippen LogP contribution in [0.5, 0.6) is 0 Å². The van der Waals surface area contributed by atoms with Crippen molar-refractivity contribution in [3.63, 3.8) is 0 Å². The Hall–Kier alpha value is -4.07. The van der Waals surface area contributed by atoms with Crippen LogP contribution in [-0.4, -0.2) is 33.2 Å². The van der Waals surface area contributed by atoms with Gasteiger partial charge in [-0.05, 0) is 36.4 Å². The second kappa shape index (κ2) is 7.75. The fraction of sp³-hybridized carbons (Fsp3) is 0.0909. The van der Waals surface area contributed by atoms with Gasteiger partial charge >= 0.3 is 0 Å². The number of halogens is 1. The monoisotopic (exact) mass is 403 g/mol. The summed E-state index contributed by atoms with van der Waals surface area (Å²) in [4.78, 5) is 34.1. The number of carbonyl (C=O) groups excluding carboxylic acids is 2. The summed E-state index contributed by atoms with van der Waals surface area (Å²) in [6, 6.07) is 13.0. The van der Waals surface area contributed by atoms with Gasteiger partial charge in [-0.15, -0.1) is 0 Å². The van der Waals surface area contributed by atoms with Crippen molar-refractivity contribution < 1.29 is 14.0 Å². The second-order valence-corrected chi connectivity index (χ2v) is 6.74. The highest BCUT2D eigenvalue weighted by Gasteiger charge is 2.17. The van der Waals surface area contributed by atoms with E-state index in [9.17, 15) is 14.0 Å². The van der Waals surface area contributed by atoms with Crippen LogP contribution < -0.4 is 10.2 Å². The fourth-order valence-corrected chi connectivity index (χ4v) is 3.09. The van der Waals surface area contributed by atoms with E-state index in [0.717, 1.165) is 11.3 Å². The maximum absolute atomic E-state index is 13.2. The van der Waals surface area contributed by atoms with E-state index in [1.165, 1.54) is 42.3 Å². The van der Waals surface area contributed by atoms with E-state index < -0.39 is 0 Å². The lowest BCUT2D eigenvalue weighted by molar-refractivity contribution is -0.114. The smallest absolute Gasteiger partial charge is 0.278 e. The van der Waals surface area contributed by atoms with E-state index in [0.29, 0.717) is 17.0 Å². The lowest BCUT2D eigenvalue weighted by Crippen LogP contribution is -2.27.